The molecule has 0 bridgehead atoms. The highest BCUT2D eigenvalue weighted by atomic mass is 16.6. The highest BCUT2D eigenvalue weighted by Crippen LogP contribution is 2.45. The zero-order chi connectivity index (χ0) is 19.3. The van der Waals surface area contributed by atoms with Crippen molar-refractivity contribution in [3.8, 4) is 0 Å². The minimum Gasteiger partial charge on any atom is -0.335 e. The van der Waals surface area contributed by atoms with Crippen molar-refractivity contribution in [3.63, 3.8) is 0 Å². The molecule has 1 aromatic rings. The second kappa shape index (κ2) is 6.99. The number of nitro benzene ring substituents is 1. The molecule has 5 rings (SSSR count). The van der Waals surface area contributed by atoms with E-state index in [4.69, 9.17) is 0 Å². The standard InChI is InChI=1S/C22H27N3O3/c26-22-16(12-15-4-1-6-18(13-15)25(27)28)8-9-20-19-7-3-11-23-10-2-5-17(21(19)23)14-24(20)22/h1,4,6,12-13,17,19-21H,2-3,5,7-11,14H2/b16-12+. The first-order valence-corrected chi connectivity index (χ1v) is 10.6. The summed E-state index contributed by atoms with van der Waals surface area (Å²) in [7, 11) is 0. The summed E-state index contributed by atoms with van der Waals surface area (Å²) in [5, 5.41) is 11.0. The number of carbonyl (C=O) groups is 1. The van der Waals surface area contributed by atoms with Crippen LogP contribution in [0, 0.1) is 22.0 Å². The van der Waals surface area contributed by atoms with Gasteiger partial charge in [0.25, 0.3) is 5.69 Å². The summed E-state index contributed by atoms with van der Waals surface area (Å²) in [5.74, 6) is 1.39. The zero-order valence-electron chi connectivity index (χ0n) is 16.1. The molecule has 1 amide bonds. The van der Waals surface area contributed by atoms with Crippen LogP contribution in [0.3, 0.4) is 0 Å². The van der Waals surface area contributed by atoms with Crippen LogP contribution in [0.15, 0.2) is 29.8 Å². The predicted octanol–water partition coefficient (Wildman–Crippen LogP) is 3.47. The Labute approximate surface area is 165 Å². The van der Waals surface area contributed by atoms with Gasteiger partial charge in [0.1, 0.15) is 0 Å². The molecule has 0 aliphatic carbocycles. The number of non-ortho nitro benzene ring substituents is 1. The quantitative estimate of drug-likeness (QED) is 0.447. The van der Waals surface area contributed by atoms with E-state index in [9.17, 15) is 14.9 Å². The lowest BCUT2D eigenvalue weighted by atomic mass is 9.67. The van der Waals surface area contributed by atoms with Gasteiger partial charge >= 0.3 is 0 Å². The molecule has 4 aliphatic heterocycles. The maximum absolute atomic E-state index is 13.3. The number of nitro groups is 1. The van der Waals surface area contributed by atoms with E-state index in [-0.39, 0.29) is 16.5 Å². The van der Waals surface area contributed by atoms with Crippen molar-refractivity contribution >= 4 is 17.7 Å². The number of amides is 1. The number of rotatable bonds is 2. The molecule has 28 heavy (non-hydrogen) atoms. The first kappa shape index (κ1) is 17.9. The van der Waals surface area contributed by atoms with Crippen LogP contribution in [0.4, 0.5) is 5.69 Å². The average Bonchev–Trinajstić information content (AvgIpc) is 2.71. The molecular formula is C22H27N3O3. The summed E-state index contributed by atoms with van der Waals surface area (Å²) < 4.78 is 0. The molecule has 4 aliphatic rings. The molecule has 6 nitrogen and oxygen atoms in total. The normalized spacial score (nSPS) is 34.1. The smallest absolute Gasteiger partial charge is 0.270 e. The predicted molar refractivity (Wildman–Crippen MR) is 107 cm³/mol. The van der Waals surface area contributed by atoms with Gasteiger partial charge in [0, 0.05) is 36.3 Å². The molecule has 0 spiro atoms. The van der Waals surface area contributed by atoms with E-state index < -0.39 is 0 Å². The average molecular weight is 381 g/mol. The Kier molecular flexibility index (Phi) is 4.46. The Morgan fingerprint density at radius 2 is 1.96 bits per heavy atom. The van der Waals surface area contributed by atoms with Crippen LogP contribution in [0.25, 0.3) is 6.08 Å². The van der Waals surface area contributed by atoms with Gasteiger partial charge in [-0.2, -0.15) is 0 Å². The van der Waals surface area contributed by atoms with Crippen molar-refractivity contribution in [2.24, 2.45) is 11.8 Å². The Morgan fingerprint density at radius 1 is 1.14 bits per heavy atom. The van der Waals surface area contributed by atoms with Crippen LogP contribution < -0.4 is 0 Å². The summed E-state index contributed by atoms with van der Waals surface area (Å²) in [6, 6.07) is 7.62. The maximum Gasteiger partial charge on any atom is 0.270 e. The topological polar surface area (TPSA) is 66.7 Å². The van der Waals surface area contributed by atoms with E-state index in [0.717, 1.165) is 30.5 Å². The SMILES string of the molecule is O=C1/C(=C/c2cccc([N+](=O)[O-])c2)CCC2C3CCCN4CCCC(CN12)C34. The van der Waals surface area contributed by atoms with Gasteiger partial charge in [0.2, 0.25) is 5.91 Å². The molecule has 1 aromatic carbocycles. The summed E-state index contributed by atoms with van der Waals surface area (Å²) in [4.78, 5) is 28.8. The van der Waals surface area contributed by atoms with Gasteiger partial charge in [-0.05, 0) is 75.1 Å². The van der Waals surface area contributed by atoms with Crippen LogP contribution in [0.2, 0.25) is 0 Å². The molecule has 0 N–H and O–H groups in total. The van der Waals surface area contributed by atoms with Gasteiger partial charge in [-0.3, -0.25) is 19.8 Å². The first-order valence-electron chi connectivity index (χ1n) is 10.6. The molecule has 4 saturated heterocycles. The fourth-order valence-corrected chi connectivity index (χ4v) is 6.26. The minimum atomic E-state index is -0.386. The number of nitrogens with zero attached hydrogens (tertiary/aromatic N) is 3. The number of hydrogen-bond donors (Lipinski definition) is 0. The van der Waals surface area contributed by atoms with Gasteiger partial charge in [0.15, 0.2) is 0 Å². The van der Waals surface area contributed by atoms with E-state index in [1.54, 1.807) is 12.1 Å². The van der Waals surface area contributed by atoms with Crippen molar-refractivity contribution in [2.75, 3.05) is 19.6 Å². The Morgan fingerprint density at radius 3 is 2.79 bits per heavy atom. The van der Waals surface area contributed by atoms with Crippen molar-refractivity contribution in [3.05, 3.63) is 45.5 Å². The van der Waals surface area contributed by atoms with Gasteiger partial charge < -0.3 is 4.90 Å². The van der Waals surface area contributed by atoms with Gasteiger partial charge in [0.05, 0.1) is 4.92 Å². The monoisotopic (exact) mass is 381 g/mol. The number of hydrogen-bond acceptors (Lipinski definition) is 4. The fourth-order valence-electron chi connectivity index (χ4n) is 6.26. The largest absolute Gasteiger partial charge is 0.335 e. The highest BCUT2D eigenvalue weighted by molar-refractivity contribution is 5.99. The second-order valence-corrected chi connectivity index (χ2v) is 8.82. The summed E-state index contributed by atoms with van der Waals surface area (Å²) in [5.41, 5.74) is 1.62. The number of benzene rings is 1. The van der Waals surface area contributed by atoms with E-state index in [0.29, 0.717) is 23.9 Å². The van der Waals surface area contributed by atoms with Crippen molar-refractivity contribution in [1.29, 1.82) is 0 Å². The second-order valence-electron chi connectivity index (χ2n) is 8.82. The number of piperidine rings is 4. The Bertz CT molecular complexity index is 834. The van der Waals surface area contributed by atoms with Crippen molar-refractivity contribution < 1.29 is 9.72 Å². The lowest BCUT2D eigenvalue weighted by Crippen LogP contribution is -2.66. The van der Waals surface area contributed by atoms with E-state index in [1.165, 1.54) is 44.8 Å². The van der Waals surface area contributed by atoms with E-state index in [1.807, 2.05) is 12.1 Å². The fraction of sp³-hybridized carbons (Fsp3) is 0.591. The number of carbonyl (C=O) groups excluding carboxylic acids is 1. The highest BCUT2D eigenvalue weighted by Gasteiger charge is 2.51. The number of fused-ring (bicyclic) bond motifs is 2. The molecule has 4 fully saturated rings. The van der Waals surface area contributed by atoms with Crippen LogP contribution >= 0.6 is 0 Å². The van der Waals surface area contributed by atoms with Crippen molar-refractivity contribution in [1.82, 2.24) is 9.80 Å². The van der Waals surface area contributed by atoms with E-state index >= 15 is 0 Å². The molecule has 0 aromatic heterocycles. The molecule has 0 radical (unpaired) electrons. The lowest BCUT2D eigenvalue weighted by Gasteiger charge is -2.58. The molecule has 4 heterocycles. The molecule has 0 saturated carbocycles. The summed E-state index contributed by atoms with van der Waals surface area (Å²) in [6.07, 6.45) is 8.64. The van der Waals surface area contributed by atoms with Crippen LogP contribution in [0.1, 0.15) is 44.1 Å². The maximum atomic E-state index is 13.3. The Hall–Kier alpha value is -2.21. The van der Waals surface area contributed by atoms with Crippen LogP contribution in [-0.4, -0.2) is 52.3 Å². The van der Waals surface area contributed by atoms with E-state index in [2.05, 4.69) is 9.80 Å². The molecule has 6 heteroatoms. The Balaban J connectivity index is 1.41. The van der Waals surface area contributed by atoms with Gasteiger partial charge in [-0.1, -0.05) is 12.1 Å². The minimum absolute atomic E-state index is 0.0702. The molecular weight excluding hydrogens is 354 g/mol. The van der Waals surface area contributed by atoms with Crippen molar-refractivity contribution in [2.45, 2.75) is 50.6 Å². The molecule has 148 valence electrons. The van der Waals surface area contributed by atoms with Crippen LogP contribution in [0.5, 0.6) is 0 Å². The lowest BCUT2D eigenvalue weighted by molar-refractivity contribution is -0.384. The third kappa shape index (κ3) is 2.94. The van der Waals surface area contributed by atoms with Gasteiger partial charge in [-0.15, -0.1) is 0 Å². The van der Waals surface area contributed by atoms with Gasteiger partial charge in [-0.25, -0.2) is 0 Å². The molecule has 4 atom stereocenters. The third-order valence-corrected chi connectivity index (χ3v) is 7.34. The first-order chi connectivity index (χ1) is 13.6. The van der Waals surface area contributed by atoms with Crippen LogP contribution in [-0.2, 0) is 4.79 Å². The summed E-state index contributed by atoms with van der Waals surface area (Å²) >= 11 is 0. The molecule has 4 unspecified atom stereocenters. The summed E-state index contributed by atoms with van der Waals surface area (Å²) in [6.45, 7) is 3.35. The zero-order valence-corrected chi connectivity index (χ0v) is 16.1. The third-order valence-electron chi connectivity index (χ3n) is 7.34.